The smallest absolute Gasteiger partial charge is 0.157 e. The van der Waals surface area contributed by atoms with Gasteiger partial charge in [0.1, 0.15) is 10.3 Å². The Kier molecular flexibility index (Phi) is 3.50. The molecule has 0 amide bonds. The number of pyridine rings is 1. The lowest BCUT2D eigenvalue weighted by molar-refractivity contribution is 0.567. The van der Waals surface area contributed by atoms with E-state index in [2.05, 4.69) is 35.7 Å². The van der Waals surface area contributed by atoms with Crippen molar-refractivity contribution in [2.75, 3.05) is 0 Å². The molecule has 0 aromatic carbocycles. The molecule has 0 atom stereocenters. The Hall–Kier alpha value is -1.26. The van der Waals surface area contributed by atoms with Crippen LogP contribution in [0.3, 0.4) is 0 Å². The summed E-state index contributed by atoms with van der Waals surface area (Å²) in [5.74, 6) is 0.670. The van der Waals surface area contributed by atoms with Crippen molar-refractivity contribution >= 4 is 23.8 Å². The van der Waals surface area contributed by atoms with Crippen LogP contribution in [0.15, 0.2) is 24.4 Å². The maximum atomic E-state index is 5.82. The fourth-order valence-corrected chi connectivity index (χ4v) is 1.82. The summed E-state index contributed by atoms with van der Waals surface area (Å²) < 4.78 is 0.561. The highest BCUT2D eigenvalue weighted by Gasteiger charge is 2.16. The number of aromatic nitrogens is 3. The van der Waals surface area contributed by atoms with Crippen molar-refractivity contribution in [1.29, 1.82) is 0 Å². The molecule has 0 aliphatic heterocycles. The molecule has 1 N–H and O–H groups in total. The van der Waals surface area contributed by atoms with Gasteiger partial charge in [-0.15, -0.1) is 0 Å². The Morgan fingerprint density at radius 2 is 2.00 bits per heavy atom. The van der Waals surface area contributed by atoms with E-state index in [4.69, 9.17) is 23.8 Å². The van der Waals surface area contributed by atoms with Crippen molar-refractivity contribution in [1.82, 2.24) is 15.0 Å². The average Bonchev–Trinajstić information content (AvgIpc) is 2.28. The summed E-state index contributed by atoms with van der Waals surface area (Å²) in [6.07, 6.45) is 1.60. The van der Waals surface area contributed by atoms with Gasteiger partial charge in [0.2, 0.25) is 0 Å². The molecule has 94 valence electrons. The summed E-state index contributed by atoms with van der Waals surface area (Å²) in [5, 5.41) is 0.601. The Labute approximate surface area is 116 Å². The molecule has 2 heterocycles. The summed E-state index contributed by atoms with van der Waals surface area (Å²) in [7, 11) is 0. The molecule has 0 spiro atoms. The molecule has 0 aliphatic rings. The van der Waals surface area contributed by atoms with Crippen LogP contribution in [0.4, 0.5) is 0 Å². The first-order chi connectivity index (χ1) is 8.36. The Morgan fingerprint density at radius 1 is 1.28 bits per heavy atom. The molecule has 0 fully saturated rings. The normalized spacial score (nSPS) is 11.6. The molecule has 0 radical (unpaired) electrons. The maximum Gasteiger partial charge on any atom is 0.157 e. The van der Waals surface area contributed by atoms with Gasteiger partial charge in [-0.2, -0.15) is 0 Å². The Bertz CT molecular complexity index is 611. The minimum absolute atomic E-state index is 0.0162. The third-order valence-electron chi connectivity index (χ3n) is 2.52. The number of rotatable bonds is 1. The van der Waals surface area contributed by atoms with E-state index in [1.54, 1.807) is 12.3 Å². The van der Waals surface area contributed by atoms with Gasteiger partial charge in [-0.25, -0.2) is 4.98 Å². The summed E-state index contributed by atoms with van der Waals surface area (Å²) in [6, 6.07) is 5.49. The summed E-state index contributed by atoms with van der Waals surface area (Å²) in [6.45, 7) is 6.35. The van der Waals surface area contributed by atoms with E-state index in [0.29, 0.717) is 15.5 Å². The predicted molar refractivity (Wildman–Crippen MR) is 76.4 cm³/mol. The summed E-state index contributed by atoms with van der Waals surface area (Å²) in [4.78, 5) is 11.8. The van der Waals surface area contributed by atoms with Gasteiger partial charge >= 0.3 is 0 Å². The van der Waals surface area contributed by atoms with E-state index < -0.39 is 0 Å². The van der Waals surface area contributed by atoms with Crippen molar-refractivity contribution < 1.29 is 0 Å². The molecule has 2 aromatic rings. The highest BCUT2D eigenvalue weighted by Crippen LogP contribution is 2.22. The van der Waals surface area contributed by atoms with Crippen LogP contribution in [0.2, 0.25) is 5.02 Å². The molecule has 0 aliphatic carbocycles. The van der Waals surface area contributed by atoms with Gasteiger partial charge in [0.15, 0.2) is 5.82 Å². The van der Waals surface area contributed by atoms with Gasteiger partial charge in [-0.1, -0.05) is 44.6 Å². The third kappa shape index (κ3) is 2.94. The number of hydrogen-bond acceptors (Lipinski definition) is 3. The number of nitrogens with zero attached hydrogens (tertiary/aromatic N) is 2. The first-order valence-electron chi connectivity index (χ1n) is 5.60. The number of aromatic amines is 1. The SMILES string of the molecule is CC(C)(C)c1cc(=S)nc(-c2ccc(Cl)cn2)[nH]1. The van der Waals surface area contributed by atoms with Gasteiger partial charge in [-0.05, 0) is 18.2 Å². The molecule has 0 unspecified atom stereocenters. The van der Waals surface area contributed by atoms with Crippen LogP contribution in [-0.4, -0.2) is 15.0 Å². The predicted octanol–water partition coefficient (Wildman–Crippen LogP) is 4.15. The molecule has 0 bridgehead atoms. The Morgan fingerprint density at radius 3 is 2.56 bits per heavy atom. The van der Waals surface area contributed by atoms with Gasteiger partial charge in [-0.3, -0.25) is 4.98 Å². The molecular weight excluding hydrogens is 266 g/mol. The molecule has 0 saturated carbocycles. The van der Waals surface area contributed by atoms with Crippen LogP contribution in [-0.2, 0) is 5.41 Å². The standard InChI is InChI=1S/C13H14ClN3S/c1-13(2,3)10-6-11(18)17-12(16-10)9-5-4-8(14)7-15-9/h4-7H,1-3H3,(H,16,17,18). The molecule has 18 heavy (non-hydrogen) atoms. The van der Waals surface area contributed by atoms with Gasteiger partial charge in [0.25, 0.3) is 0 Å². The fraction of sp³-hybridized carbons (Fsp3) is 0.308. The fourth-order valence-electron chi connectivity index (χ4n) is 1.50. The number of hydrogen-bond donors (Lipinski definition) is 1. The third-order valence-corrected chi connectivity index (χ3v) is 2.95. The minimum atomic E-state index is -0.0162. The zero-order valence-electron chi connectivity index (χ0n) is 10.5. The van der Waals surface area contributed by atoms with Crippen molar-refractivity contribution in [3.8, 4) is 11.5 Å². The van der Waals surface area contributed by atoms with E-state index >= 15 is 0 Å². The molecule has 0 saturated heterocycles. The molecular formula is C13H14ClN3S. The average molecular weight is 280 g/mol. The van der Waals surface area contributed by atoms with Gasteiger partial charge < -0.3 is 4.98 Å². The number of H-pyrrole nitrogens is 1. The second kappa shape index (κ2) is 4.78. The summed E-state index contributed by atoms with van der Waals surface area (Å²) in [5.41, 5.74) is 1.75. The van der Waals surface area contributed by atoms with E-state index in [9.17, 15) is 0 Å². The largest absolute Gasteiger partial charge is 0.341 e. The lowest BCUT2D eigenvalue weighted by Gasteiger charge is -2.19. The first-order valence-corrected chi connectivity index (χ1v) is 6.39. The summed E-state index contributed by atoms with van der Waals surface area (Å²) >= 11 is 11.0. The highest BCUT2D eigenvalue weighted by atomic mass is 35.5. The first kappa shape index (κ1) is 13.2. The van der Waals surface area contributed by atoms with Crippen molar-refractivity contribution in [3.63, 3.8) is 0 Å². The maximum absolute atomic E-state index is 5.82. The molecule has 2 rings (SSSR count). The van der Waals surface area contributed by atoms with Crippen LogP contribution in [0, 0.1) is 4.64 Å². The van der Waals surface area contributed by atoms with E-state index in [1.807, 2.05) is 12.1 Å². The van der Waals surface area contributed by atoms with Crippen LogP contribution >= 0.6 is 23.8 Å². The van der Waals surface area contributed by atoms with Crippen LogP contribution in [0.5, 0.6) is 0 Å². The van der Waals surface area contributed by atoms with E-state index in [1.165, 1.54) is 0 Å². The zero-order chi connectivity index (χ0) is 13.3. The van der Waals surface area contributed by atoms with Gasteiger partial charge in [0, 0.05) is 17.3 Å². The van der Waals surface area contributed by atoms with E-state index in [-0.39, 0.29) is 5.41 Å². The topological polar surface area (TPSA) is 41.6 Å². The second-order valence-electron chi connectivity index (χ2n) is 5.09. The van der Waals surface area contributed by atoms with Crippen molar-refractivity contribution in [3.05, 3.63) is 39.8 Å². The highest BCUT2D eigenvalue weighted by molar-refractivity contribution is 7.71. The van der Waals surface area contributed by atoms with Crippen LogP contribution in [0.25, 0.3) is 11.5 Å². The van der Waals surface area contributed by atoms with E-state index in [0.717, 1.165) is 11.4 Å². The number of nitrogens with one attached hydrogen (secondary N) is 1. The monoisotopic (exact) mass is 279 g/mol. The second-order valence-corrected chi connectivity index (χ2v) is 5.95. The molecule has 3 nitrogen and oxygen atoms in total. The van der Waals surface area contributed by atoms with Crippen molar-refractivity contribution in [2.45, 2.75) is 26.2 Å². The zero-order valence-corrected chi connectivity index (χ0v) is 12.1. The quantitative estimate of drug-likeness (QED) is 0.797. The molecule has 2 aromatic heterocycles. The Balaban J connectivity index is 2.55. The number of halogens is 1. The van der Waals surface area contributed by atoms with Crippen molar-refractivity contribution in [2.24, 2.45) is 0 Å². The minimum Gasteiger partial charge on any atom is -0.341 e. The van der Waals surface area contributed by atoms with Crippen LogP contribution < -0.4 is 0 Å². The van der Waals surface area contributed by atoms with Crippen LogP contribution in [0.1, 0.15) is 26.5 Å². The lowest BCUT2D eigenvalue weighted by Crippen LogP contribution is -2.14. The lowest BCUT2D eigenvalue weighted by atomic mass is 9.92. The molecule has 5 heteroatoms. The van der Waals surface area contributed by atoms with Gasteiger partial charge in [0.05, 0.1) is 5.02 Å².